The van der Waals surface area contributed by atoms with Crippen LogP contribution in [0, 0.1) is 10.1 Å². The molecular formula is C25H22ClN3O4. The first kappa shape index (κ1) is 21.4. The molecule has 33 heavy (non-hydrogen) atoms. The van der Waals surface area contributed by atoms with Crippen LogP contribution in [0.25, 0.3) is 0 Å². The highest BCUT2D eigenvalue weighted by molar-refractivity contribution is 6.30. The Hall–Kier alpha value is -3.42. The molecule has 5 rings (SSSR count). The van der Waals surface area contributed by atoms with E-state index >= 15 is 0 Å². The number of likely N-dealkylation sites (tertiary alicyclic amines) is 1. The molecule has 2 aliphatic heterocycles. The standard InChI is InChI=1S/C25H22ClN3O4/c1-28-14-20(17-8-12-19(13-9-17)33-15-16-6-10-18(26)11-7-16)23(29(31)32)25(28)21-4-2-3-5-22(21)27-24(25)30/h2-13,20,23H,14-15H2,1H3,(H,27,30)/t20-,23-,25-/m1/s1. The number of anilines is 1. The second kappa shape index (κ2) is 8.17. The number of amides is 1. The lowest BCUT2D eigenvalue weighted by molar-refractivity contribution is -0.534. The molecule has 1 fully saturated rings. The number of benzene rings is 3. The molecule has 0 saturated carbocycles. The Labute approximate surface area is 196 Å². The highest BCUT2D eigenvalue weighted by atomic mass is 35.5. The number of halogens is 1. The van der Waals surface area contributed by atoms with E-state index in [-0.39, 0.29) is 10.8 Å². The van der Waals surface area contributed by atoms with Crippen molar-refractivity contribution in [2.75, 3.05) is 18.9 Å². The molecule has 7 nitrogen and oxygen atoms in total. The van der Waals surface area contributed by atoms with Gasteiger partial charge in [-0.3, -0.25) is 19.8 Å². The zero-order valence-corrected chi connectivity index (χ0v) is 18.7. The molecule has 3 aromatic rings. The summed E-state index contributed by atoms with van der Waals surface area (Å²) in [4.78, 5) is 27.0. The largest absolute Gasteiger partial charge is 0.489 e. The summed E-state index contributed by atoms with van der Waals surface area (Å²) in [7, 11) is 1.78. The first-order valence-electron chi connectivity index (χ1n) is 10.6. The van der Waals surface area contributed by atoms with Crippen LogP contribution in [0.3, 0.4) is 0 Å². The predicted molar refractivity (Wildman–Crippen MR) is 125 cm³/mol. The number of fused-ring (bicyclic) bond motifs is 2. The van der Waals surface area contributed by atoms with Gasteiger partial charge in [0, 0.05) is 27.7 Å². The van der Waals surface area contributed by atoms with Gasteiger partial charge in [-0.05, 0) is 48.5 Å². The average molecular weight is 464 g/mol. The Balaban J connectivity index is 1.42. The lowest BCUT2D eigenvalue weighted by Crippen LogP contribution is -2.54. The van der Waals surface area contributed by atoms with Gasteiger partial charge in [0.05, 0.1) is 5.92 Å². The summed E-state index contributed by atoms with van der Waals surface area (Å²) in [5, 5.41) is 15.9. The first-order valence-corrected chi connectivity index (χ1v) is 11.0. The number of ether oxygens (including phenoxy) is 1. The van der Waals surface area contributed by atoms with Crippen molar-refractivity contribution in [2.24, 2.45) is 0 Å². The Morgan fingerprint density at radius 2 is 1.82 bits per heavy atom. The maximum Gasteiger partial charge on any atom is 0.256 e. The highest BCUT2D eigenvalue weighted by Crippen LogP contribution is 2.51. The van der Waals surface area contributed by atoms with Crippen LogP contribution in [0.4, 0.5) is 5.69 Å². The van der Waals surface area contributed by atoms with Gasteiger partial charge in [0.25, 0.3) is 11.9 Å². The van der Waals surface area contributed by atoms with Gasteiger partial charge in [0.15, 0.2) is 5.54 Å². The second-order valence-electron chi connectivity index (χ2n) is 8.47. The van der Waals surface area contributed by atoms with Crippen molar-refractivity contribution in [3.8, 4) is 5.75 Å². The summed E-state index contributed by atoms with van der Waals surface area (Å²) in [6.07, 6.45) is 0. The number of carbonyl (C=O) groups is 1. The van der Waals surface area contributed by atoms with E-state index in [1.165, 1.54) is 0 Å². The van der Waals surface area contributed by atoms with Crippen molar-refractivity contribution in [2.45, 2.75) is 24.1 Å². The zero-order chi connectivity index (χ0) is 23.2. The van der Waals surface area contributed by atoms with Gasteiger partial charge in [-0.1, -0.05) is 54.1 Å². The highest BCUT2D eigenvalue weighted by Gasteiger charge is 2.68. The Morgan fingerprint density at radius 1 is 1.12 bits per heavy atom. The maximum atomic E-state index is 13.2. The van der Waals surface area contributed by atoms with Gasteiger partial charge < -0.3 is 10.1 Å². The van der Waals surface area contributed by atoms with Crippen molar-refractivity contribution < 1.29 is 14.5 Å². The molecule has 1 N–H and O–H groups in total. The third-order valence-corrected chi connectivity index (χ3v) is 6.92. The minimum Gasteiger partial charge on any atom is -0.489 e. The minimum atomic E-state index is -1.34. The van der Waals surface area contributed by atoms with E-state index in [1.807, 2.05) is 65.6 Å². The van der Waals surface area contributed by atoms with Crippen molar-refractivity contribution in [3.63, 3.8) is 0 Å². The molecule has 8 heteroatoms. The summed E-state index contributed by atoms with van der Waals surface area (Å²) in [6.45, 7) is 0.776. The Bertz CT molecular complexity index is 1220. The summed E-state index contributed by atoms with van der Waals surface area (Å²) < 4.78 is 5.85. The molecule has 0 aromatic heterocycles. The molecule has 0 aliphatic carbocycles. The number of para-hydroxylation sites is 1. The maximum absolute atomic E-state index is 13.2. The summed E-state index contributed by atoms with van der Waals surface area (Å²) in [5.41, 5.74) is 1.74. The van der Waals surface area contributed by atoms with Gasteiger partial charge in [0.1, 0.15) is 12.4 Å². The zero-order valence-electron chi connectivity index (χ0n) is 17.9. The summed E-state index contributed by atoms with van der Waals surface area (Å²) in [6, 6.07) is 20.8. The first-order chi connectivity index (χ1) is 15.9. The van der Waals surface area contributed by atoms with Gasteiger partial charge in [-0.2, -0.15) is 0 Å². The van der Waals surface area contributed by atoms with E-state index in [0.717, 1.165) is 11.1 Å². The number of hydrogen-bond acceptors (Lipinski definition) is 5. The van der Waals surface area contributed by atoms with Crippen molar-refractivity contribution in [1.29, 1.82) is 0 Å². The van der Waals surface area contributed by atoms with Crippen LogP contribution < -0.4 is 10.1 Å². The van der Waals surface area contributed by atoms with Gasteiger partial charge in [-0.25, -0.2) is 0 Å². The van der Waals surface area contributed by atoms with E-state index in [2.05, 4.69) is 5.32 Å². The van der Waals surface area contributed by atoms with E-state index in [0.29, 0.717) is 35.2 Å². The number of carbonyl (C=O) groups excluding carboxylic acids is 1. The number of rotatable bonds is 5. The topological polar surface area (TPSA) is 84.7 Å². The molecule has 1 amide bonds. The smallest absolute Gasteiger partial charge is 0.256 e. The molecular weight excluding hydrogens is 442 g/mol. The molecule has 3 aromatic carbocycles. The van der Waals surface area contributed by atoms with Crippen LogP contribution in [0.5, 0.6) is 5.75 Å². The van der Waals surface area contributed by atoms with Gasteiger partial charge in [0.2, 0.25) is 0 Å². The van der Waals surface area contributed by atoms with Crippen LogP contribution in [-0.4, -0.2) is 35.4 Å². The number of nitrogens with zero attached hydrogens (tertiary/aromatic N) is 2. The Kier molecular flexibility index (Phi) is 5.31. The van der Waals surface area contributed by atoms with Crippen LogP contribution in [-0.2, 0) is 16.9 Å². The van der Waals surface area contributed by atoms with Crippen molar-refractivity contribution >= 4 is 23.2 Å². The van der Waals surface area contributed by atoms with E-state index in [9.17, 15) is 14.9 Å². The fourth-order valence-corrected chi connectivity index (χ4v) is 5.26. The Morgan fingerprint density at radius 3 is 2.52 bits per heavy atom. The predicted octanol–water partition coefficient (Wildman–Crippen LogP) is 4.44. The van der Waals surface area contributed by atoms with E-state index in [4.69, 9.17) is 16.3 Å². The molecule has 3 atom stereocenters. The van der Waals surface area contributed by atoms with Crippen molar-refractivity contribution in [3.05, 3.63) is 105 Å². The lowest BCUT2D eigenvalue weighted by Gasteiger charge is -2.30. The third-order valence-electron chi connectivity index (χ3n) is 6.67. The molecule has 2 aliphatic rings. The number of nitrogens with one attached hydrogen (secondary N) is 1. The van der Waals surface area contributed by atoms with Crippen LogP contribution >= 0.6 is 11.6 Å². The molecule has 0 unspecified atom stereocenters. The van der Waals surface area contributed by atoms with Crippen molar-refractivity contribution in [1.82, 2.24) is 4.90 Å². The number of likely N-dealkylation sites (N-methyl/N-ethyl adjacent to an activating group) is 1. The molecule has 168 valence electrons. The van der Waals surface area contributed by atoms with Crippen LogP contribution in [0.15, 0.2) is 72.8 Å². The fourth-order valence-electron chi connectivity index (χ4n) is 5.14. The van der Waals surface area contributed by atoms with E-state index < -0.39 is 17.5 Å². The van der Waals surface area contributed by atoms with Crippen LogP contribution in [0.2, 0.25) is 5.02 Å². The fraction of sp³-hybridized carbons (Fsp3) is 0.240. The summed E-state index contributed by atoms with van der Waals surface area (Å²) >= 11 is 5.92. The quantitative estimate of drug-likeness (QED) is 0.446. The molecule has 1 spiro atoms. The average Bonchev–Trinajstić information content (AvgIpc) is 3.29. The van der Waals surface area contributed by atoms with Crippen LogP contribution in [0.1, 0.15) is 22.6 Å². The molecule has 1 saturated heterocycles. The monoisotopic (exact) mass is 463 g/mol. The third kappa shape index (κ3) is 3.44. The summed E-state index contributed by atoms with van der Waals surface area (Å²) in [5.74, 6) is -0.137. The molecule has 2 heterocycles. The molecule has 0 radical (unpaired) electrons. The lowest BCUT2D eigenvalue weighted by atomic mass is 9.79. The number of nitro groups is 1. The minimum absolute atomic E-state index is 0.305. The SMILES string of the molecule is CN1C[C@H](c2ccc(OCc3ccc(Cl)cc3)cc2)[C@@H]([N+](=O)[O-])[C@]12C(=O)Nc1ccccc12. The normalized spacial score (nSPS) is 24.0. The van der Waals surface area contributed by atoms with E-state index in [1.54, 1.807) is 19.2 Å². The number of hydrogen-bond donors (Lipinski definition) is 1. The van der Waals surface area contributed by atoms with Gasteiger partial charge in [-0.15, -0.1) is 0 Å². The van der Waals surface area contributed by atoms with Gasteiger partial charge >= 0.3 is 0 Å². The second-order valence-corrected chi connectivity index (χ2v) is 8.90. The molecule has 0 bridgehead atoms.